The van der Waals surface area contributed by atoms with E-state index < -0.39 is 0 Å². The van der Waals surface area contributed by atoms with Crippen LogP contribution in [0.25, 0.3) is 5.69 Å². The van der Waals surface area contributed by atoms with Gasteiger partial charge >= 0.3 is 0 Å². The first-order valence-corrected chi connectivity index (χ1v) is 10.3. The minimum Gasteiger partial charge on any atom is -0.304 e. The van der Waals surface area contributed by atoms with Gasteiger partial charge in [0.15, 0.2) is 5.82 Å². The molecule has 1 fully saturated rings. The van der Waals surface area contributed by atoms with Crippen LogP contribution in [0.4, 0.5) is 0 Å². The molecule has 1 heterocycles. The molecular weight excluding hydrogens is 346 g/mol. The van der Waals surface area contributed by atoms with Gasteiger partial charge in [0.1, 0.15) is 0 Å². The van der Waals surface area contributed by atoms with Crippen molar-refractivity contribution in [2.24, 2.45) is 0 Å². The van der Waals surface area contributed by atoms with Gasteiger partial charge in [0.05, 0.1) is 11.2 Å². The molecular formula is C23H29N5. The highest BCUT2D eigenvalue weighted by Gasteiger charge is 2.39. The molecule has 0 amide bonds. The van der Waals surface area contributed by atoms with Crippen LogP contribution in [0, 0.1) is 13.8 Å². The lowest BCUT2D eigenvalue weighted by Gasteiger charge is -2.37. The number of benzene rings is 2. The van der Waals surface area contributed by atoms with Crippen molar-refractivity contribution in [3.63, 3.8) is 0 Å². The second-order valence-electron chi connectivity index (χ2n) is 7.96. The monoisotopic (exact) mass is 375 g/mol. The maximum atomic E-state index is 4.54. The summed E-state index contributed by atoms with van der Waals surface area (Å²) in [4.78, 5) is 0. The van der Waals surface area contributed by atoms with Gasteiger partial charge in [-0.3, -0.25) is 0 Å². The Bertz CT molecular complexity index is 890. The van der Waals surface area contributed by atoms with Crippen molar-refractivity contribution >= 4 is 0 Å². The first-order chi connectivity index (χ1) is 13.7. The normalized spacial score (nSPS) is 16.2. The third kappa shape index (κ3) is 3.72. The largest absolute Gasteiger partial charge is 0.304 e. The Morgan fingerprint density at radius 2 is 1.64 bits per heavy atom. The Kier molecular flexibility index (Phi) is 5.53. The highest BCUT2D eigenvalue weighted by atomic mass is 15.6. The predicted molar refractivity (Wildman–Crippen MR) is 112 cm³/mol. The third-order valence-electron chi connectivity index (χ3n) is 5.98. The Morgan fingerprint density at radius 1 is 0.929 bits per heavy atom. The van der Waals surface area contributed by atoms with Gasteiger partial charge in [-0.2, -0.15) is 4.68 Å². The van der Waals surface area contributed by atoms with E-state index >= 15 is 0 Å². The minimum absolute atomic E-state index is 0.161. The summed E-state index contributed by atoms with van der Waals surface area (Å²) < 4.78 is 1.98. The Labute approximate surface area is 167 Å². The van der Waals surface area contributed by atoms with Crippen molar-refractivity contribution < 1.29 is 0 Å². The van der Waals surface area contributed by atoms with Crippen LogP contribution in [-0.4, -0.2) is 26.8 Å². The fourth-order valence-electron chi connectivity index (χ4n) is 4.50. The average molecular weight is 376 g/mol. The van der Waals surface area contributed by atoms with E-state index in [1.165, 1.54) is 36.0 Å². The Balaban J connectivity index is 1.64. The fourth-order valence-corrected chi connectivity index (χ4v) is 4.50. The van der Waals surface area contributed by atoms with Crippen LogP contribution in [0.1, 0.15) is 54.6 Å². The lowest BCUT2D eigenvalue weighted by molar-refractivity contribution is 0.217. The predicted octanol–water partition coefficient (Wildman–Crippen LogP) is 4.27. The number of para-hydroxylation sites is 1. The van der Waals surface area contributed by atoms with E-state index in [2.05, 4.69) is 83.2 Å². The van der Waals surface area contributed by atoms with Gasteiger partial charge in [0, 0.05) is 6.54 Å². The van der Waals surface area contributed by atoms with Gasteiger partial charge in [0.25, 0.3) is 0 Å². The van der Waals surface area contributed by atoms with Crippen LogP contribution < -0.4 is 5.32 Å². The van der Waals surface area contributed by atoms with E-state index in [9.17, 15) is 0 Å². The summed E-state index contributed by atoms with van der Waals surface area (Å²) in [5.41, 5.74) is 4.70. The number of nitrogens with zero attached hydrogens (tertiary/aromatic N) is 4. The minimum atomic E-state index is -0.161. The van der Waals surface area contributed by atoms with E-state index in [0.717, 1.165) is 37.3 Å². The van der Waals surface area contributed by atoms with Gasteiger partial charge in [-0.1, -0.05) is 67.8 Å². The molecule has 0 saturated heterocycles. The first-order valence-electron chi connectivity index (χ1n) is 10.3. The van der Waals surface area contributed by atoms with Crippen molar-refractivity contribution in [2.75, 3.05) is 6.54 Å². The van der Waals surface area contributed by atoms with Gasteiger partial charge < -0.3 is 5.32 Å². The number of nitrogens with one attached hydrogen (secondary N) is 1. The molecule has 4 rings (SSSR count). The Hall–Kier alpha value is -2.53. The first kappa shape index (κ1) is 18.8. The number of aromatic nitrogens is 4. The third-order valence-corrected chi connectivity index (χ3v) is 5.98. The second kappa shape index (κ2) is 8.23. The maximum Gasteiger partial charge on any atom is 0.176 e. The molecule has 1 saturated carbocycles. The molecule has 0 radical (unpaired) electrons. The molecule has 3 aromatic rings. The number of hydrogen-bond donors (Lipinski definition) is 1. The lowest BCUT2D eigenvalue weighted by atomic mass is 9.80. The summed E-state index contributed by atoms with van der Waals surface area (Å²) >= 11 is 0. The molecule has 1 aliphatic carbocycles. The van der Waals surface area contributed by atoms with Crippen molar-refractivity contribution in [1.29, 1.82) is 0 Å². The van der Waals surface area contributed by atoms with Gasteiger partial charge in [-0.25, -0.2) is 0 Å². The van der Waals surface area contributed by atoms with Crippen LogP contribution in [0.15, 0.2) is 48.5 Å². The van der Waals surface area contributed by atoms with Gasteiger partial charge in [-0.15, -0.1) is 5.10 Å². The van der Waals surface area contributed by atoms with Crippen LogP contribution in [0.5, 0.6) is 0 Å². The number of aryl methyl sites for hydroxylation is 2. The fraction of sp³-hybridized carbons (Fsp3) is 0.435. The summed E-state index contributed by atoms with van der Waals surface area (Å²) in [7, 11) is 0. The zero-order valence-corrected chi connectivity index (χ0v) is 16.9. The van der Waals surface area contributed by atoms with Gasteiger partial charge in [-0.05, 0) is 60.2 Å². The van der Waals surface area contributed by atoms with Crippen LogP contribution in [0.3, 0.4) is 0 Å². The lowest BCUT2D eigenvalue weighted by Crippen LogP contribution is -2.47. The molecule has 146 valence electrons. The average Bonchev–Trinajstić information content (AvgIpc) is 3.20. The molecule has 28 heavy (non-hydrogen) atoms. The maximum absolute atomic E-state index is 4.54. The smallest absolute Gasteiger partial charge is 0.176 e. The van der Waals surface area contributed by atoms with Crippen LogP contribution >= 0.6 is 0 Å². The molecule has 5 heteroatoms. The van der Waals surface area contributed by atoms with Crippen LogP contribution in [0.2, 0.25) is 0 Å². The number of hydrogen-bond acceptors (Lipinski definition) is 4. The summed E-state index contributed by atoms with van der Waals surface area (Å²) in [5, 5.41) is 16.9. The van der Waals surface area contributed by atoms with Crippen molar-refractivity contribution in [2.45, 2.75) is 57.9 Å². The molecule has 0 bridgehead atoms. The second-order valence-corrected chi connectivity index (χ2v) is 7.96. The van der Waals surface area contributed by atoms with E-state index in [1.54, 1.807) is 0 Å². The topological polar surface area (TPSA) is 55.6 Å². The zero-order valence-electron chi connectivity index (χ0n) is 16.9. The highest BCUT2D eigenvalue weighted by Crippen LogP contribution is 2.37. The molecule has 1 aliphatic rings. The quantitative estimate of drug-likeness (QED) is 0.699. The zero-order chi connectivity index (χ0) is 19.4. The number of rotatable bonds is 6. The molecule has 1 aromatic heterocycles. The highest BCUT2D eigenvalue weighted by molar-refractivity contribution is 5.47. The molecule has 1 N–H and O–H groups in total. The van der Waals surface area contributed by atoms with E-state index in [-0.39, 0.29) is 5.54 Å². The molecule has 0 aliphatic heterocycles. The van der Waals surface area contributed by atoms with Crippen LogP contribution in [-0.2, 0) is 12.0 Å². The van der Waals surface area contributed by atoms with Crippen molar-refractivity contribution in [1.82, 2.24) is 25.5 Å². The summed E-state index contributed by atoms with van der Waals surface area (Å²) in [5.74, 6) is 0.956. The summed E-state index contributed by atoms with van der Waals surface area (Å²) in [6, 6.07) is 17.0. The summed E-state index contributed by atoms with van der Waals surface area (Å²) in [6.45, 7) is 5.18. The summed E-state index contributed by atoms with van der Waals surface area (Å²) in [6.07, 6.45) is 6.86. The molecule has 0 unspecified atom stereocenters. The SMILES string of the molecule is Cc1cccc(C)c1-n1nnnc1C1(NCCc2ccccc2)CCCCC1. The Morgan fingerprint density at radius 3 is 2.36 bits per heavy atom. The molecule has 2 aromatic carbocycles. The van der Waals surface area contributed by atoms with E-state index in [4.69, 9.17) is 0 Å². The molecule has 0 spiro atoms. The van der Waals surface area contributed by atoms with E-state index in [0.29, 0.717) is 0 Å². The standard InChI is InChI=1S/C23H29N5/c1-18-10-9-11-19(2)21(18)28-22(25-26-27-28)23(15-7-4-8-16-23)24-17-14-20-12-5-3-6-13-20/h3,5-6,9-13,24H,4,7-8,14-17H2,1-2H3. The number of tetrazole rings is 1. The molecule has 5 nitrogen and oxygen atoms in total. The van der Waals surface area contributed by atoms with E-state index in [1.807, 2.05) is 4.68 Å². The van der Waals surface area contributed by atoms with Crippen molar-refractivity contribution in [3.8, 4) is 5.69 Å². The van der Waals surface area contributed by atoms with Crippen molar-refractivity contribution in [3.05, 3.63) is 71.0 Å². The molecule has 0 atom stereocenters. The van der Waals surface area contributed by atoms with Gasteiger partial charge in [0.2, 0.25) is 0 Å².